The lowest BCUT2D eigenvalue weighted by Gasteiger charge is -2.42. The van der Waals surface area contributed by atoms with E-state index in [9.17, 15) is 5.11 Å². The fourth-order valence-corrected chi connectivity index (χ4v) is 3.23. The molecule has 0 spiro atoms. The molecule has 1 fully saturated rings. The van der Waals surface area contributed by atoms with E-state index in [-0.39, 0.29) is 6.10 Å². The molecule has 1 aliphatic carbocycles. The van der Waals surface area contributed by atoms with Crippen molar-refractivity contribution in [2.45, 2.75) is 45.6 Å². The van der Waals surface area contributed by atoms with Crippen LogP contribution in [0, 0.1) is 11.3 Å². The molecule has 0 aromatic rings. The predicted octanol–water partition coefficient (Wildman–Crippen LogP) is 1.71. The summed E-state index contributed by atoms with van der Waals surface area (Å²) in [5.74, 6) is 0.891. The van der Waals surface area contributed by atoms with Gasteiger partial charge in [-0.3, -0.25) is 0 Å². The van der Waals surface area contributed by atoms with Crippen molar-refractivity contribution in [3.05, 3.63) is 0 Å². The first-order valence-corrected chi connectivity index (χ1v) is 6.99. The third-order valence-corrected chi connectivity index (χ3v) is 4.07. The summed E-state index contributed by atoms with van der Waals surface area (Å²) < 4.78 is 0. The van der Waals surface area contributed by atoms with Crippen LogP contribution in [0.15, 0.2) is 0 Å². The molecular formula is C14H30N2O. The highest BCUT2D eigenvalue weighted by molar-refractivity contribution is 4.88. The molecule has 1 atom stereocenters. The van der Waals surface area contributed by atoms with E-state index < -0.39 is 0 Å². The van der Waals surface area contributed by atoms with E-state index in [0.717, 1.165) is 25.6 Å². The Morgan fingerprint density at radius 1 is 1.41 bits per heavy atom. The topological polar surface area (TPSA) is 35.5 Å². The Hall–Kier alpha value is -0.120. The Morgan fingerprint density at radius 3 is 2.47 bits per heavy atom. The molecule has 1 aliphatic rings. The van der Waals surface area contributed by atoms with Gasteiger partial charge in [0.05, 0.1) is 6.10 Å². The van der Waals surface area contributed by atoms with Gasteiger partial charge in [-0.05, 0) is 45.2 Å². The lowest BCUT2D eigenvalue weighted by atomic mass is 9.70. The molecule has 1 unspecified atom stereocenters. The predicted molar refractivity (Wildman–Crippen MR) is 73.2 cm³/mol. The van der Waals surface area contributed by atoms with Crippen LogP contribution in [0.25, 0.3) is 0 Å². The summed E-state index contributed by atoms with van der Waals surface area (Å²) in [6.45, 7) is 7.21. The highest BCUT2D eigenvalue weighted by Crippen LogP contribution is 2.38. The highest BCUT2D eigenvalue weighted by atomic mass is 16.3. The molecule has 0 heterocycles. The van der Waals surface area contributed by atoms with Crippen LogP contribution in [0.2, 0.25) is 0 Å². The molecular weight excluding hydrogens is 212 g/mol. The Bertz CT molecular complexity index is 210. The number of likely N-dealkylation sites (N-methyl/N-ethyl adjacent to an activating group) is 1. The molecule has 0 saturated heterocycles. The van der Waals surface area contributed by atoms with Crippen LogP contribution in [-0.4, -0.2) is 49.8 Å². The number of rotatable bonds is 6. The summed E-state index contributed by atoms with van der Waals surface area (Å²) in [5, 5.41) is 12.8. The van der Waals surface area contributed by atoms with E-state index >= 15 is 0 Å². The number of hydrogen-bond donors (Lipinski definition) is 2. The average Bonchev–Trinajstić information content (AvgIpc) is 2.21. The van der Waals surface area contributed by atoms with Gasteiger partial charge in [-0.25, -0.2) is 0 Å². The van der Waals surface area contributed by atoms with Gasteiger partial charge in [-0.2, -0.15) is 0 Å². The second-order valence-electron chi connectivity index (χ2n) is 6.26. The number of aliphatic hydroxyl groups is 1. The second kappa shape index (κ2) is 6.72. The van der Waals surface area contributed by atoms with Crippen LogP contribution >= 0.6 is 0 Å². The SMILES string of the molecule is CNCC1(CN(C)CC(C)O)CCC(C)CC1. The van der Waals surface area contributed by atoms with Gasteiger partial charge >= 0.3 is 0 Å². The molecule has 1 rings (SSSR count). The van der Waals surface area contributed by atoms with Crippen molar-refractivity contribution >= 4 is 0 Å². The van der Waals surface area contributed by atoms with Gasteiger partial charge in [0.1, 0.15) is 0 Å². The van der Waals surface area contributed by atoms with E-state index in [1.54, 1.807) is 0 Å². The monoisotopic (exact) mass is 242 g/mol. The summed E-state index contributed by atoms with van der Waals surface area (Å²) in [4.78, 5) is 2.29. The third kappa shape index (κ3) is 4.94. The van der Waals surface area contributed by atoms with Crippen molar-refractivity contribution in [3.63, 3.8) is 0 Å². The minimum absolute atomic E-state index is 0.228. The molecule has 1 saturated carbocycles. The number of nitrogens with one attached hydrogen (secondary N) is 1. The molecule has 0 aromatic heterocycles. The summed E-state index contributed by atoms with van der Waals surface area (Å²) in [7, 11) is 4.18. The Labute approximate surface area is 107 Å². The van der Waals surface area contributed by atoms with E-state index in [1.165, 1.54) is 25.7 Å². The fraction of sp³-hybridized carbons (Fsp3) is 1.00. The third-order valence-electron chi connectivity index (χ3n) is 4.07. The van der Waals surface area contributed by atoms with Gasteiger partial charge in [0.2, 0.25) is 0 Å². The normalized spacial score (nSPS) is 31.8. The summed E-state index contributed by atoms with van der Waals surface area (Å²) >= 11 is 0. The van der Waals surface area contributed by atoms with Crippen molar-refractivity contribution in [3.8, 4) is 0 Å². The van der Waals surface area contributed by atoms with E-state index in [4.69, 9.17) is 0 Å². The van der Waals surface area contributed by atoms with Crippen LogP contribution in [-0.2, 0) is 0 Å². The van der Waals surface area contributed by atoms with Crippen LogP contribution in [0.5, 0.6) is 0 Å². The first kappa shape index (κ1) is 14.9. The van der Waals surface area contributed by atoms with Crippen molar-refractivity contribution in [1.29, 1.82) is 0 Å². The van der Waals surface area contributed by atoms with Crippen molar-refractivity contribution in [1.82, 2.24) is 10.2 Å². The molecule has 3 nitrogen and oxygen atoms in total. The maximum atomic E-state index is 9.45. The van der Waals surface area contributed by atoms with Gasteiger partial charge in [0.25, 0.3) is 0 Å². The summed E-state index contributed by atoms with van der Waals surface area (Å²) in [6, 6.07) is 0. The summed E-state index contributed by atoms with van der Waals surface area (Å²) in [5.41, 5.74) is 0.422. The maximum absolute atomic E-state index is 9.45. The molecule has 0 aromatic carbocycles. The van der Waals surface area contributed by atoms with Gasteiger partial charge in [0, 0.05) is 19.6 Å². The lowest BCUT2D eigenvalue weighted by Crippen LogP contribution is -2.45. The zero-order valence-corrected chi connectivity index (χ0v) is 12.0. The number of nitrogens with zero attached hydrogens (tertiary/aromatic N) is 1. The molecule has 0 radical (unpaired) electrons. The van der Waals surface area contributed by atoms with Crippen LogP contribution < -0.4 is 5.32 Å². The zero-order valence-electron chi connectivity index (χ0n) is 12.0. The van der Waals surface area contributed by atoms with Crippen LogP contribution in [0.1, 0.15) is 39.5 Å². The minimum atomic E-state index is -0.228. The molecule has 102 valence electrons. The maximum Gasteiger partial charge on any atom is 0.0638 e. The lowest BCUT2D eigenvalue weighted by molar-refractivity contribution is 0.0724. The minimum Gasteiger partial charge on any atom is -0.392 e. The molecule has 3 heteroatoms. The number of aliphatic hydroxyl groups excluding tert-OH is 1. The zero-order chi connectivity index (χ0) is 12.9. The van der Waals surface area contributed by atoms with E-state index in [0.29, 0.717) is 5.41 Å². The van der Waals surface area contributed by atoms with Gasteiger partial charge in [0.15, 0.2) is 0 Å². The first-order chi connectivity index (χ1) is 7.97. The van der Waals surface area contributed by atoms with Crippen LogP contribution in [0.3, 0.4) is 0 Å². The summed E-state index contributed by atoms with van der Waals surface area (Å²) in [6.07, 6.45) is 5.11. The Balaban J connectivity index is 2.52. The van der Waals surface area contributed by atoms with Crippen molar-refractivity contribution in [2.75, 3.05) is 33.7 Å². The van der Waals surface area contributed by atoms with Gasteiger partial charge in [-0.15, -0.1) is 0 Å². The smallest absolute Gasteiger partial charge is 0.0638 e. The standard InChI is InChI=1S/C14H30N2O/c1-12-5-7-14(8-6-12,10-15-3)11-16(4)9-13(2)17/h12-13,15,17H,5-11H2,1-4H3. The van der Waals surface area contributed by atoms with E-state index in [1.807, 2.05) is 6.92 Å². The Morgan fingerprint density at radius 2 is 2.00 bits per heavy atom. The average molecular weight is 242 g/mol. The molecule has 0 amide bonds. The molecule has 0 bridgehead atoms. The highest BCUT2D eigenvalue weighted by Gasteiger charge is 2.34. The van der Waals surface area contributed by atoms with Gasteiger partial charge in [-0.1, -0.05) is 19.8 Å². The quantitative estimate of drug-likeness (QED) is 0.744. The van der Waals surface area contributed by atoms with Crippen LogP contribution in [0.4, 0.5) is 0 Å². The fourth-order valence-electron chi connectivity index (χ4n) is 3.23. The van der Waals surface area contributed by atoms with Crippen molar-refractivity contribution in [2.24, 2.45) is 11.3 Å². The van der Waals surface area contributed by atoms with Gasteiger partial charge < -0.3 is 15.3 Å². The second-order valence-corrected chi connectivity index (χ2v) is 6.26. The van der Waals surface area contributed by atoms with E-state index in [2.05, 4.69) is 31.2 Å². The first-order valence-electron chi connectivity index (χ1n) is 6.99. The Kier molecular flexibility index (Phi) is 5.90. The molecule has 17 heavy (non-hydrogen) atoms. The largest absolute Gasteiger partial charge is 0.392 e. The van der Waals surface area contributed by atoms with Crippen molar-refractivity contribution < 1.29 is 5.11 Å². The molecule has 0 aliphatic heterocycles. The molecule has 2 N–H and O–H groups in total. The number of hydrogen-bond acceptors (Lipinski definition) is 3.